The van der Waals surface area contributed by atoms with Crippen LogP contribution in [0.25, 0.3) is 0 Å². The number of benzene rings is 1. The summed E-state index contributed by atoms with van der Waals surface area (Å²) in [4.78, 5) is 0. The van der Waals surface area contributed by atoms with Gasteiger partial charge in [-0.3, -0.25) is 0 Å². The van der Waals surface area contributed by atoms with E-state index in [1.807, 2.05) is 18.2 Å². The lowest BCUT2D eigenvalue weighted by Crippen LogP contribution is -2.32. The molecule has 1 heterocycles. The van der Waals surface area contributed by atoms with Gasteiger partial charge < -0.3 is 15.5 Å². The number of hydrogen-bond donors (Lipinski definition) is 2. The summed E-state index contributed by atoms with van der Waals surface area (Å²) in [5.41, 5.74) is 7.23. The van der Waals surface area contributed by atoms with Crippen LogP contribution in [0.15, 0.2) is 53.1 Å². The van der Waals surface area contributed by atoms with Crippen LogP contribution in [0.1, 0.15) is 36.6 Å². The molecular weight excluding hydrogens is 236 g/mol. The predicted molar refractivity (Wildman–Crippen MR) is 75.7 cm³/mol. The Morgan fingerprint density at radius 3 is 2.58 bits per heavy atom. The van der Waals surface area contributed by atoms with Crippen LogP contribution >= 0.6 is 0 Å². The van der Waals surface area contributed by atoms with Crippen molar-refractivity contribution in [3.05, 3.63) is 60.1 Å². The second-order valence-electron chi connectivity index (χ2n) is 5.30. The van der Waals surface area contributed by atoms with E-state index in [0.29, 0.717) is 12.1 Å². The molecule has 1 saturated carbocycles. The molecule has 3 unspecified atom stereocenters. The molecule has 0 saturated heterocycles. The summed E-state index contributed by atoms with van der Waals surface area (Å²) in [7, 11) is 0. The van der Waals surface area contributed by atoms with E-state index in [4.69, 9.17) is 10.2 Å². The Labute approximate surface area is 113 Å². The lowest BCUT2D eigenvalue weighted by Gasteiger charge is -2.22. The zero-order chi connectivity index (χ0) is 13.1. The topological polar surface area (TPSA) is 51.2 Å². The molecule has 1 fully saturated rings. The third-order valence-corrected chi connectivity index (χ3v) is 3.84. The molecule has 2 aromatic rings. The van der Waals surface area contributed by atoms with Crippen LogP contribution in [-0.2, 0) is 0 Å². The Morgan fingerprint density at radius 1 is 1.11 bits per heavy atom. The summed E-state index contributed by atoms with van der Waals surface area (Å²) < 4.78 is 5.59. The fourth-order valence-corrected chi connectivity index (χ4v) is 2.85. The maximum absolute atomic E-state index is 5.99. The minimum Gasteiger partial charge on any atom is -0.467 e. The van der Waals surface area contributed by atoms with E-state index in [1.54, 1.807) is 6.26 Å². The molecule has 3 rings (SSSR count). The van der Waals surface area contributed by atoms with Crippen LogP contribution in [0, 0.1) is 0 Å². The largest absolute Gasteiger partial charge is 0.467 e. The van der Waals surface area contributed by atoms with Crippen molar-refractivity contribution in [1.82, 2.24) is 5.32 Å². The minimum absolute atomic E-state index is 0.117. The molecule has 3 atom stereocenters. The van der Waals surface area contributed by atoms with Crippen molar-refractivity contribution in [3.63, 3.8) is 0 Å². The lowest BCUT2D eigenvalue weighted by atomic mass is 10.0. The lowest BCUT2D eigenvalue weighted by molar-refractivity contribution is 0.403. The Balaban J connectivity index is 1.81. The summed E-state index contributed by atoms with van der Waals surface area (Å²) >= 11 is 0. The Morgan fingerprint density at radius 2 is 1.95 bits per heavy atom. The van der Waals surface area contributed by atoms with Gasteiger partial charge in [-0.2, -0.15) is 0 Å². The Hall–Kier alpha value is -1.58. The second-order valence-corrected chi connectivity index (χ2v) is 5.30. The van der Waals surface area contributed by atoms with Crippen molar-refractivity contribution in [2.45, 2.75) is 37.4 Å². The van der Waals surface area contributed by atoms with Crippen molar-refractivity contribution >= 4 is 0 Å². The van der Waals surface area contributed by atoms with Crippen molar-refractivity contribution in [1.29, 1.82) is 0 Å². The first-order chi connectivity index (χ1) is 9.33. The van der Waals surface area contributed by atoms with Crippen molar-refractivity contribution in [3.8, 4) is 0 Å². The van der Waals surface area contributed by atoms with Crippen LogP contribution in [0.5, 0.6) is 0 Å². The van der Waals surface area contributed by atoms with E-state index < -0.39 is 0 Å². The maximum atomic E-state index is 5.99. The van der Waals surface area contributed by atoms with Crippen LogP contribution < -0.4 is 11.1 Å². The zero-order valence-electron chi connectivity index (χ0n) is 11.0. The van der Waals surface area contributed by atoms with E-state index in [2.05, 4.69) is 29.6 Å². The van der Waals surface area contributed by atoms with Gasteiger partial charge in [0.25, 0.3) is 0 Å². The normalized spacial score (nSPS) is 24.5. The highest BCUT2D eigenvalue weighted by molar-refractivity contribution is 5.26. The average Bonchev–Trinajstić information content (AvgIpc) is 3.08. The van der Waals surface area contributed by atoms with Gasteiger partial charge in [0.05, 0.1) is 12.3 Å². The van der Waals surface area contributed by atoms with Crippen LogP contribution in [0.2, 0.25) is 0 Å². The number of hydrogen-bond acceptors (Lipinski definition) is 3. The van der Waals surface area contributed by atoms with Crippen molar-refractivity contribution in [2.75, 3.05) is 0 Å². The maximum Gasteiger partial charge on any atom is 0.125 e. The molecule has 1 aromatic carbocycles. The summed E-state index contributed by atoms with van der Waals surface area (Å²) in [6.07, 6.45) is 5.03. The number of furan rings is 1. The second kappa shape index (κ2) is 5.59. The summed E-state index contributed by atoms with van der Waals surface area (Å²) in [6.45, 7) is 0. The van der Waals surface area contributed by atoms with Gasteiger partial charge in [-0.25, -0.2) is 0 Å². The highest BCUT2D eigenvalue weighted by Gasteiger charge is 2.26. The van der Waals surface area contributed by atoms with Crippen LogP contribution in [-0.4, -0.2) is 12.1 Å². The minimum atomic E-state index is 0.117. The van der Waals surface area contributed by atoms with Crippen molar-refractivity contribution in [2.24, 2.45) is 5.73 Å². The first-order valence-electron chi connectivity index (χ1n) is 6.93. The molecule has 1 aliphatic carbocycles. The van der Waals surface area contributed by atoms with E-state index in [0.717, 1.165) is 25.0 Å². The number of rotatable bonds is 4. The third-order valence-electron chi connectivity index (χ3n) is 3.84. The van der Waals surface area contributed by atoms with Gasteiger partial charge >= 0.3 is 0 Å². The third kappa shape index (κ3) is 2.88. The monoisotopic (exact) mass is 256 g/mol. The summed E-state index contributed by atoms with van der Waals surface area (Å²) in [5.74, 6) is 0.965. The molecule has 0 spiro atoms. The Kier molecular flexibility index (Phi) is 3.67. The highest BCUT2D eigenvalue weighted by atomic mass is 16.3. The molecule has 1 aliphatic rings. The van der Waals surface area contributed by atoms with Gasteiger partial charge in [-0.15, -0.1) is 0 Å². The Bertz CT molecular complexity index is 495. The summed E-state index contributed by atoms with van der Waals surface area (Å²) in [5, 5.41) is 3.69. The molecule has 1 aromatic heterocycles. The van der Waals surface area contributed by atoms with E-state index >= 15 is 0 Å². The van der Waals surface area contributed by atoms with Gasteiger partial charge in [-0.1, -0.05) is 30.3 Å². The van der Waals surface area contributed by atoms with Crippen molar-refractivity contribution < 1.29 is 4.42 Å². The van der Waals surface area contributed by atoms with E-state index in [9.17, 15) is 0 Å². The molecule has 0 aliphatic heterocycles. The molecule has 0 radical (unpaired) electrons. The fraction of sp³-hybridized carbons (Fsp3) is 0.375. The van der Waals surface area contributed by atoms with Gasteiger partial charge in [0.15, 0.2) is 0 Å². The van der Waals surface area contributed by atoms with Gasteiger partial charge in [0.2, 0.25) is 0 Å². The molecule has 0 amide bonds. The van der Waals surface area contributed by atoms with Gasteiger partial charge in [-0.05, 0) is 37.0 Å². The molecule has 19 heavy (non-hydrogen) atoms. The number of nitrogens with two attached hydrogens (primary N) is 1. The zero-order valence-corrected chi connectivity index (χ0v) is 11.0. The first-order valence-corrected chi connectivity index (χ1v) is 6.93. The standard InChI is InChI=1S/C16H20N2O/c17-13-8-9-14(11-13)18-16(15-7-4-10-19-15)12-5-2-1-3-6-12/h1-7,10,13-14,16,18H,8-9,11,17H2. The highest BCUT2D eigenvalue weighted by Crippen LogP contribution is 2.26. The smallest absolute Gasteiger partial charge is 0.125 e. The SMILES string of the molecule is NC1CCC(NC(c2ccccc2)c2ccco2)C1. The molecule has 3 nitrogen and oxygen atoms in total. The first kappa shape index (κ1) is 12.5. The van der Waals surface area contributed by atoms with Crippen LogP contribution in [0.3, 0.4) is 0 Å². The molecular formula is C16H20N2O. The van der Waals surface area contributed by atoms with Gasteiger partial charge in [0, 0.05) is 12.1 Å². The summed E-state index contributed by atoms with van der Waals surface area (Å²) in [6, 6.07) is 15.3. The van der Waals surface area contributed by atoms with Crippen LogP contribution in [0.4, 0.5) is 0 Å². The predicted octanol–water partition coefficient (Wildman–Crippen LogP) is 2.84. The van der Waals surface area contributed by atoms with Gasteiger partial charge in [0.1, 0.15) is 5.76 Å². The molecule has 3 heteroatoms. The quantitative estimate of drug-likeness (QED) is 0.884. The fourth-order valence-electron chi connectivity index (χ4n) is 2.85. The van der Waals surface area contributed by atoms with E-state index in [-0.39, 0.29) is 6.04 Å². The number of nitrogens with one attached hydrogen (secondary N) is 1. The molecule has 0 bridgehead atoms. The average molecular weight is 256 g/mol. The molecule has 3 N–H and O–H groups in total. The molecule has 100 valence electrons. The van der Waals surface area contributed by atoms with E-state index in [1.165, 1.54) is 5.56 Å².